The van der Waals surface area contributed by atoms with E-state index in [2.05, 4.69) is 12.2 Å². The second kappa shape index (κ2) is 5.83. The summed E-state index contributed by atoms with van der Waals surface area (Å²) in [5.74, 6) is 0.657. The van der Waals surface area contributed by atoms with Crippen LogP contribution in [0.25, 0.3) is 0 Å². The van der Waals surface area contributed by atoms with Gasteiger partial charge in [0.25, 0.3) is 5.91 Å². The van der Waals surface area contributed by atoms with Gasteiger partial charge in [0.1, 0.15) is 5.75 Å². The summed E-state index contributed by atoms with van der Waals surface area (Å²) in [6.45, 7) is 3.94. The zero-order chi connectivity index (χ0) is 14.8. The average molecular weight is 277 g/mol. The van der Waals surface area contributed by atoms with Gasteiger partial charge in [0.15, 0.2) is 0 Å². The highest BCUT2D eigenvalue weighted by molar-refractivity contribution is 5.95. The predicted octanol–water partition coefficient (Wildman–Crippen LogP) is 2.37. The number of phenols is 1. The first kappa shape index (κ1) is 14.9. The lowest BCUT2D eigenvalue weighted by Crippen LogP contribution is -2.53. The fraction of sp³-hybridized carbons (Fsp3) is 0.562. The van der Waals surface area contributed by atoms with Gasteiger partial charge in [0, 0.05) is 5.56 Å². The molecule has 0 radical (unpaired) electrons. The summed E-state index contributed by atoms with van der Waals surface area (Å²) in [5, 5.41) is 22.2. The first-order valence-corrected chi connectivity index (χ1v) is 7.19. The molecule has 0 aliphatic heterocycles. The smallest absolute Gasteiger partial charge is 0.251 e. The van der Waals surface area contributed by atoms with E-state index < -0.39 is 5.54 Å². The number of benzene rings is 1. The van der Waals surface area contributed by atoms with Crippen LogP contribution in [0.15, 0.2) is 18.2 Å². The number of aryl methyl sites for hydroxylation is 1. The molecule has 2 rings (SSSR count). The Balaban J connectivity index is 2.11. The summed E-state index contributed by atoms with van der Waals surface area (Å²) in [6, 6.07) is 4.80. The van der Waals surface area contributed by atoms with Crippen LogP contribution in [0.4, 0.5) is 0 Å². The molecule has 3 N–H and O–H groups in total. The zero-order valence-electron chi connectivity index (χ0n) is 12.1. The van der Waals surface area contributed by atoms with Crippen molar-refractivity contribution in [2.45, 2.75) is 45.1 Å². The average Bonchev–Trinajstić information content (AvgIpc) is 2.44. The molecule has 20 heavy (non-hydrogen) atoms. The second-order valence-electron chi connectivity index (χ2n) is 6.08. The van der Waals surface area contributed by atoms with Crippen molar-refractivity contribution in [3.8, 4) is 5.75 Å². The number of rotatable bonds is 3. The number of hydrogen-bond donors (Lipinski definition) is 3. The highest BCUT2D eigenvalue weighted by Crippen LogP contribution is 2.32. The highest BCUT2D eigenvalue weighted by Gasteiger charge is 2.35. The van der Waals surface area contributed by atoms with E-state index in [-0.39, 0.29) is 18.3 Å². The van der Waals surface area contributed by atoms with Crippen LogP contribution >= 0.6 is 0 Å². The SMILES string of the molecule is Cc1cc(C(=O)NC2(CO)CCC(C)CC2)ccc1O. The first-order valence-electron chi connectivity index (χ1n) is 7.19. The number of nitrogens with one attached hydrogen (secondary N) is 1. The Morgan fingerprint density at radius 3 is 2.60 bits per heavy atom. The Labute approximate surface area is 119 Å². The molecule has 0 unspecified atom stereocenters. The van der Waals surface area contributed by atoms with Crippen LogP contribution in [0.2, 0.25) is 0 Å². The van der Waals surface area contributed by atoms with Crippen LogP contribution in [0.3, 0.4) is 0 Å². The Morgan fingerprint density at radius 1 is 1.40 bits per heavy atom. The van der Waals surface area contributed by atoms with Gasteiger partial charge < -0.3 is 15.5 Å². The third-order valence-electron chi connectivity index (χ3n) is 4.37. The molecule has 1 saturated carbocycles. The fourth-order valence-corrected chi connectivity index (χ4v) is 2.75. The maximum absolute atomic E-state index is 12.3. The maximum atomic E-state index is 12.3. The minimum Gasteiger partial charge on any atom is -0.508 e. The largest absolute Gasteiger partial charge is 0.508 e. The summed E-state index contributed by atoms with van der Waals surface area (Å²) >= 11 is 0. The van der Waals surface area contributed by atoms with Gasteiger partial charge in [-0.1, -0.05) is 6.92 Å². The van der Waals surface area contributed by atoms with Crippen LogP contribution in [0.5, 0.6) is 5.75 Å². The van der Waals surface area contributed by atoms with Gasteiger partial charge in [-0.15, -0.1) is 0 Å². The lowest BCUT2D eigenvalue weighted by atomic mass is 9.77. The van der Waals surface area contributed by atoms with E-state index in [4.69, 9.17) is 0 Å². The monoisotopic (exact) mass is 277 g/mol. The molecule has 0 aromatic heterocycles. The molecule has 1 aromatic rings. The number of phenolic OH excluding ortho intramolecular Hbond substituents is 1. The number of hydrogen-bond acceptors (Lipinski definition) is 3. The third-order valence-corrected chi connectivity index (χ3v) is 4.37. The Bertz CT molecular complexity index is 490. The minimum atomic E-state index is -0.491. The maximum Gasteiger partial charge on any atom is 0.251 e. The molecule has 4 nitrogen and oxygen atoms in total. The molecule has 0 atom stereocenters. The number of amides is 1. The van der Waals surface area contributed by atoms with Crippen molar-refractivity contribution in [3.05, 3.63) is 29.3 Å². The Morgan fingerprint density at radius 2 is 2.05 bits per heavy atom. The standard InChI is InChI=1S/C16H23NO3/c1-11-5-7-16(10-18,8-6-11)17-15(20)13-3-4-14(19)12(2)9-13/h3-4,9,11,18-19H,5-8,10H2,1-2H3,(H,17,20). The van der Waals surface area contributed by atoms with Crippen LogP contribution in [-0.4, -0.2) is 28.3 Å². The molecule has 0 bridgehead atoms. The summed E-state index contributed by atoms with van der Waals surface area (Å²) in [4.78, 5) is 12.3. The third kappa shape index (κ3) is 3.12. The Hall–Kier alpha value is -1.55. The quantitative estimate of drug-likeness (QED) is 0.794. The molecule has 0 heterocycles. The lowest BCUT2D eigenvalue weighted by molar-refractivity contribution is 0.0717. The zero-order valence-corrected chi connectivity index (χ0v) is 12.1. The van der Waals surface area contributed by atoms with Crippen molar-refractivity contribution < 1.29 is 15.0 Å². The fourth-order valence-electron chi connectivity index (χ4n) is 2.75. The lowest BCUT2D eigenvalue weighted by Gasteiger charge is -2.38. The highest BCUT2D eigenvalue weighted by atomic mass is 16.3. The number of aromatic hydroxyl groups is 1. The summed E-state index contributed by atoms with van der Waals surface area (Å²) < 4.78 is 0. The number of carbonyl (C=O) groups is 1. The summed E-state index contributed by atoms with van der Waals surface area (Å²) in [6.07, 6.45) is 3.67. The molecular formula is C16H23NO3. The van der Waals surface area contributed by atoms with Gasteiger partial charge in [-0.25, -0.2) is 0 Å². The number of aliphatic hydroxyl groups is 1. The van der Waals surface area contributed by atoms with E-state index in [1.165, 1.54) is 6.07 Å². The second-order valence-corrected chi connectivity index (χ2v) is 6.08. The molecule has 1 aliphatic carbocycles. The van der Waals surface area contributed by atoms with E-state index >= 15 is 0 Å². The van der Waals surface area contributed by atoms with Gasteiger partial charge in [-0.05, 0) is 62.3 Å². The van der Waals surface area contributed by atoms with Crippen LogP contribution in [0, 0.1) is 12.8 Å². The molecule has 1 amide bonds. The van der Waals surface area contributed by atoms with Gasteiger partial charge in [-0.3, -0.25) is 4.79 Å². The van der Waals surface area contributed by atoms with Gasteiger partial charge in [-0.2, -0.15) is 0 Å². The molecule has 4 heteroatoms. The predicted molar refractivity (Wildman–Crippen MR) is 77.8 cm³/mol. The van der Waals surface area contributed by atoms with Gasteiger partial charge >= 0.3 is 0 Å². The molecule has 0 spiro atoms. The van der Waals surface area contributed by atoms with E-state index in [0.29, 0.717) is 17.0 Å². The van der Waals surface area contributed by atoms with Crippen molar-refractivity contribution in [1.29, 1.82) is 0 Å². The van der Waals surface area contributed by atoms with Crippen molar-refractivity contribution in [1.82, 2.24) is 5.32 Å². The van der Waals surface area contributed by atoms with Gasteiger partial charge in [0.05, 0.1) is 12.1 Å². The minimum absolute atomic E-state index is 0.0253. The molecule has 1 aliphatic rings. The van der Waals surface area contributed by atoms with E-state index in [1.54, 1.807) is 19.1 Å². The Kier molecular flexibility index (Phi) is 4.33. The molecular weight excluding hydrogens is 254 g/mol. The molecule has 0 saturated heterocycles. The van der Waals surface area contributed by atoms with Crippen molar-refractivity contribution in [2.24, 2.45) is 5.92 Å². The van der Waals surface area contributed by atoms with Crippen LogP contribution in [0.1, 0.15) is 48.5 Å². The van der Waals surface area contributed by atoms with Gasteiger partial charge in [0.2, 0.25) is 0 Å². The number of aliphatic hydroxyl groups excluding tert-OH is 1. The summed E-state index contributed by atoms with van der Waals surface area (Å²) in [5.41, 5.74) is 0.703. The molecule has 1 aromatic carbocycles. The van der Waals surface area contributed by atoms with E-state index in [1.807, 2.05) is 0 Å². The van der Waals surface area contributed by atoms with Crippen molar-refractivity contribution in [3.63, 3.8) is 0 Å². The van der Waals surface area contributed by atoms with E-state index in [0.717, 1.165) is 25.7 Å². The van der Waals surface area contributed by atoms with Crippen molar-refractivity contribution in [2.75, 3.05) is 6.61 Å². The number of carbonyl (C=O) groups excluding carboxylic acids is 1. The normalized spacial score (nSPS) is 26.2. The van der Waals surface area contributed by atoms with Crippen molar-refractivity contribution >= 4 is 5.91 Å². The van der Waals surface area contributed by atoms with E-state index in [9.17, 15) is 15.0 Å². The molecule has 1 fully saturated rings. The van der Waals surface area contributed by atoms with Crippen LogP contribution in [-0.2, 0) is 0 Å². The molecule has 110 valence electrons. The first-order chi connectivity index (χ1) is 9.46. The van der Waals surface area contributed by atoms with Crippen LogP contribution < -0.4 is 5.32 Å². The summed E-state index contributed by atoms with van der Waals surface area (Å²) in [7, 11) is 0. The topological polar surface area (TPSA) is 69.6 Å².